The lowest BCUT2D eigenvalue weighted by Gasteiger charge is -2.28. The highest BCUT2D eigenvalue weighted by atomic mass is 31.2. The molecule has 0 spiro atoms. The third-order valence-corrected chi connectivity index (χ3v) is 15.5. The summed E-state index contributed by atoms with van der Waals surface area (Å²) in [4.78, 5) is 37.9. The summed E-state index contributed by atoms with van der Waals surface area (Å²) in [6.07, 6.45) is 80.0. The van der Waals surface area contributed by atoms with E-state index in [1.807, 2.05) is 21.1 Å². The number of allylic oxidation sites excluding steroid dienone is 12. The van der Waals surface area contributed by atoms with Gasteiger partial charge >= 0.3 is 11.9 Å². The molecule has 0 radical (unpaired) electrons. The molecule has 0 heterocycles. The highest BCUT2D eigenvalue weighted by molar-refractivity contribution is 7.45. The summed E-state index contributed by atoms with van der Waals surface area (Å²) in [7, 11) is 1.14. The molecule has 0 amide bonds. The Hall–Kier alpha value is -2.55. The molecule has 0 saturated carbocycles. The van der Waals surface area contributed by atoms with Crippen molar-refractivity contribution in [3.05, 3.63) is 72.9 Å². The standard InChI is InChI=1S/C69H126NO8P/c1-6-8-10-12-14-16-18-20-22-24-26-28-29-30-31-32-33-34-35-36-37-38-39-40-42-43-45-47-49-51-53-55-57-59-61-68(71)75-65-67(66-77-79(73,74)76-64-63-70(3,4)5)78-69(72)62-60-58-56-54-52-50-48-46-44-41-27-25-23-21-19-17-15-13-11-9-7-2/h9,11,15,17,21,23,27,41,46,48,52,54,67H,6-8,10,12-14,16,18-20,22,24-26,28-40,42-45,47,49-51,53,55-66H2,1-5H3/b11-9-,17-15-,23-21-,41-27-,48-46-,54-52-. The normalized spacial score (nSPS) is 13.6. The van der Waals surface area contributed by atoms with Crippen molar-refractivity contribution >= 4 is 19.8 Å². The van der Waals surface area contributed by atoms with Gasteiger partial charge in [0.25, 0.3) is 7.82 Å². The van der Waals surface area contributed by atoms with Crippen molar-refractivity contribution in [3.8, 4) is 0 Å². The predicted molar refractivity (Wildman–Crippen MR) is 337 cm³/mol. The number of hydrogen-bond donors (Lipinski definition) is 0. The number of likely N-dealkylation sites (N-methyl/N-ethyl adjacent to an activating group) is 1. The summed E-state index contributed by atoms with van der Waals surface area (Å²) < 4.78 is 34.2. The van der Waals surface area contributed by atoms with E-state index in [1.165, 1.54) is 199 Å². The minimum absolute atomic E-state index is 0.0414. The van der Waals surface area contributed by atoms with E-state index < -0.39 is 32.5 Å². The monoisotopic (exact) mass is 1130 g/mol. The maximum absolute atomic E-state index is 12.8. The van der Waals surface area contributed by atoms with Crippen LogP contribution in [-0.4, -0.2) is 70.0 Å². The number of ether oxygens (including phenoxy) is 2. The summed E-state index contributed by atoms with van der Waals surface area (Å²) >= 11 is 0. The van der Waals surface area contributed by atoms with E-state index in [9.17, 15) is 19.0 Å². The summed E-state index contributed by atoms with van der Waals surface area (Å²) in [6, 6.07) is 0. The second kappa shape index (κ2) is 60.1. The number of nitrogens with zero attached hydrogens (tertiary/aromatic N) is 1. The van der Waals surface area contributed by atoms with Gasteiger partial charge in [0.2, 0.25) is 0 Å². The summed E-state index contributed by atoms with van der Waals surface area (Å²) in [6.45, 7) is 4.11. The molecule has 0 fully saturated rings. The second-order valence-corrected chi connectivity index (χ2v) is 24.9. The van der Waals surface area contributed by atoms with Gasteiger partial charge in [-0.3, -0.25) is 14.2 Å². The van der Waals surface area contributed by atoms with Gasteiger partial charge in [-0.1, -0.05) is 299 Å². The third kappa shape index (κ3) is 64.5. The van der Waals surface area contributed by atoms with Crippen LogP contribution in [0.1, 0.15) is 303 Å². The smallest absolute Gasteiger partial charge is 0.306 e. The van der Waals surface area contributed by atoms with Crippen LogP contribution in [0.2, 0.25) is 0 Å². The van der Waals surface area contributed by atoms with Crippen molar-refractivity contribution in [2.45, 2.75) is 309 Å². The lowest BCUT2D eigenvalue weighted by Crippen LogP contribution is -2.37. The Balaban J connectivity index is 4.03. The van der Waals surface area contributed by atoms with Gasteiger partial charge in [-0.2, -0.15) is 0 Å². The first-order valence-electron chi connectivity index (χ1n) is 33.1. The van der Waals surface area contributed by atoms with Gasteiger partial charge in [-0.15, -0.1) is 0 Å². The quantitative estimate of drug-likeness (QED) is 0.0195. The van der Waals surface area contributed by atoms with Gasteiger partial charge in [-0.25, -0.2) is 0 Å². The van der Waals surface area contributed by atoms with E-state index in [0.29, 0.717) is 17.4 Å². The van der Waals surface area contributed by atoms with Gasteiger partial charge in [0.1, 0.15) is 19.8 Å². The van der Waals surface area contributed by atoms with Crippen molar-refractivity contribution in [2.24, 2.45) is 0 Å². The van der Waals surface area contributed by atoms with Crippen LogP contribution in [0.4, 0.5) is 0 Å². The summed E-state index contributed by atoms with van der Waals surface area (Å²) in [5.41, 5.74) is 0. The molecule has 2 unspecified atom stereocenters. The predicted octanol–water partition coefficient (Wildman–Crippen LogP) is 20.6. The van der Waals surface area contributed by atoms with Gasteiger partial charge < -0.3 is 27.9 Å². The van der Waals surface area contributed by atoms with Crippen LogP contribution in [0.3, 0.4) is 0 Å². The number of unbranched alkanes of at least 4 members (excludes halogenated alkanes) is 35. The zero-order valence-electron chi connectivity index (χ0n) is 52.3. The fraction of sp³-hybridized carbons (Fsp3) is 0.797. The molecule has 9 nitrogen and oxygen atoms in total. The van der Waals surface area contributed by atoms with Gasteiger partial charge in [0.15, 0.2) is 6.10 Å². The molecule has 0 aromatic carbocycles. The Morgan fingerprint density at radius 1 is 0.405 bits per heavy atom. The van der Waals surface area contributed by atoms with E-state index in [0.717, 1.165) is 70.6 Å². The molecule has 0 aromatic rings. The molecule has 10 heteroatoms. The van der Waals surface area contributed by atoms with Crippen molar-refractivity contribution in [1.82, 2.24) is 0 Å². The first-order chi connectivity index (χ1) is 38.5. The molecule has 0 N–H and O–H groups in total. The molecule has 0 aliphatic heterocycles. The highest BCUT2D eigenvalue weighted by Gasteiger charge is 2.22. The minimum atomic E-state index is -4.65. The number of esters is 2. The second-order valence-electron chi connectivity index (χ2n) is 23.5. The van der Waals surface area contributed by atoms with Crippen LogP contribution < -0.4 is 4.89 Å². The van der Waals surface area contributed by atoms with Crippen molar-refractivity contribution in [1.29, 1.82) is 0 Å². The Labute approximate surface area is 489 Å². The first-order valence-corrected chi connectivity index (χ1v) is 34.6. The average molecular weight is 1130 g/mol. The fourth-order valence-corrected chi connectivity index (χ4v) is 10.2. The first kappa shape index (κ1) is 76.5. The van der Waals surface area contributed by atoms with Crippen LogP contribution >= 0.6 is 7.82 Å². The molecule has 0 rings (SSSR count). The molecule has 0 aromatic heterocycles. The van der Waals surface area contributed by atoms with Crippen molar-refractivity contribution in [3.63, 3.8) is 0 Å². The Morgan fingerprint density at radius 3 is 1.08 bits per heavy atom. The number of phosphoric ester groups is 1. The fourth-order valence-electron chi connectivity index (χ4n) is 9.43. The van der Waals surface area contributed by atoms with Crippen LogP contribution in [-0.2, 0) is 32.7 Å². The van der Waals surface area contributed by atoms with E-state index in [4.69, 9.17) is 18.5 Å². The summed E-state index contributed by atoms with van der Waals surface area (Å²) in [5, 5.41) is 0. The van der Waals surface area contributed by atoms with Gasteiger partial charge in [-0.05, 0) is 64.2 Å². The lowest BCUT2D eigenvalue weighted by atomic mass is 10.0. The maximum Gasteiger partial charge on any atom is 0.306 e. The SMILES string of the molecule is CC/C=C\C/C=C\C/C=C\C/C=C\C/C=C\C/C=C\CCCCC(=O)OC(COC(=O)CCCCCCCCCCCCCCCCCCCCCCCCCCCCCCCCCCCC)COP(=O)([O-])OCC[N+](C)(C)C. The van der Waals surface area contributed by atoms with Crippen LogP contribution in [0, 0.1) is 0 Å². The molecule has 0 aliphatic rings. The zero-order chi connectivity index (χ0) is 57.7. The Bertz CT molecular complexity index is 1560. The molecule has 0 aliphatic carbocycles. The molecular formula is C69H126NO8P. The molecule has 0 bridgehead atoms. The number of carbonyl (C=O) groups is 2. The number of rotatable bonds is 61. The third-order valence-electron chi connectivity index (χ3n) is 14.5. The number of phosphoric acid groups is 1. The highest BCUT2D eigenvalue weighted by Crippen LogP contribution is 2.38. The van der Waals surface area contributed by atoms with Crippen molar-refractivity contribution in [2.75, 3.05) is 47.5 Å². The van der Waals surface area contributed by atoms with Crippen LogP contribution in [0.5, 0.6) is 0 Å². The molecule has 2 atom stereocenters. The van der Waals surface area contributed by atoms with Gasteiger partial charge in [0, 0.05) is 12.8 Å². The Morgan fingerprint density at radius 2 is 0.722 bits per heavy atom. The Kier molecular flexibility index (Phi) is 58.1. The molecule has 79 heavy (non-hydrogen) atoms. The minimum Gasteiger partial charge on any atom is -0.756 e. The van der Waals surface area contributed by atoms with Crippen LogP contribution in [0.25, 0.3) is 0 Å². The summed E-state index contributed by atoms with van der Waals surface area (Å²) in [5.74, 6) is -0.876. The number of carbonyl (C=O) groups excluding carboxylic acids is 2. The molecular weight excluding hydrogens is 1000 g/mol. The van der Waals surface area contributed by atoms with E-state index in [2.05, 4.69) is 86.8 Å². The van der Waals surface area contributed by atoms with E-state index >= 15 is 0 Å². The van der Waals surface area contributed by atoms with Crippen molar-refractivity contribution < 1.29 is 42.1 Å². The molecule has 0 saturated heterocycles. The number of quaternary nitrogens is 1. The topological polar surface area (TPSA) is 111 Å². The maximum atomic E-state index is 12.8. The number of hydrogen-bond acceptors (Lipinski definition) is 8. The largest absolute Gasteiger partial charge is 0.756 e. The average Bonchev–Trinajstić information content (AvgIpc) is 3.41. The van der Waals surface area contributed by atoms with Gasteiger partial charge in [0.05, 0.1) is 27.7 Å². The lowest BCUT2D eigenvalue weighted by molar-refractivity contribution is -0.870. The molecule has 460 valence electrons. The van der Waals surface area contributed by atoms with Crippen LogP contribution in [0.15, 0.2) is 72.9 Å². The van der Waals surface area contributed by atoms with E-state index in [1.54, 1.807) is 0 Å². The zero-order valence-corrected chi connectivity index (χ0v) is 53.2. The van der Waals surface area contributed by atoms with E-state index in [-0.39, 0.29) is 26.1 Å².